The molecule has 1 unspecified atom stereocenters. The van der Waals surface area contributed by atoms with Gasteiger partial charge in [0.15, 0.2) is 0 Å². The van der Waals surface area contributed by atoms with Crippen LogP contribution in [0.4, 0.5) is 0 Å². The number of likely N-dealkylation sites (N-methyl/N-ethyl adjacent to an activating group) is 1. The average molecular weight is 248 g/mol. The van der Waals surface area contributed by atoms with Crippen LogP contribution in [0.1, 0.15) is 17.1 Å². The molecular weight excluding hydrogens is 230 g/mol. The second-order valence-corrected chi connectivity index (χ2v) is 4.89. The number of hydrogen-bond donors (Lipinski definition) is 1. The van der Waals surface area contributed by atoms with Crippen molar-refractivity contribution in [1.29, 1.82) is 0 Å². The van der Waals surface area contributed by atoms with Gasteiger partial charge in [0, 0.05) is 23.7 Å². The van der Waals surface area contributed by atoms with Crippen molar-refractivity contribution in [2.75, 3.05) is 20.1 Å². The van der Waals surface area contributed by atoms with Gasteiger partial charge >= 0.3 is 0 Å². The van der Waals surface area contributed by atoms with E-state index in [1.54, 1.807) is 11.3 Å². The Balaban J connectivity index is 0.00000112. The summed E-state index contributed by atoms with van der Waals surface area (Å²) in [5.41, 5.74) is 1.14. The van der Waals surface area contributed by atoms with Gasteiger partial charge in [0.25, 0.3) is 0 Å². The molecule has 2 rings (SSSR count). The summed E-state index contributed by atoms with van der Waals surface area (Å²) in [6.07, 6.45) is 1.26. The van der Waals surface area contributed by atoms with Gasteiger partial charge in [-0.05, 0) is 26.9 Å². The predicted molar refractivity (Wildman–Crippen MR) is 66.8 cm³/mol. The van der Waals surface area contributed by atoms with E-state index < -0.39 is 0 Å². The van der Waals surface area contributed by atoms with Crippen LogP contribution >= 0.6 is 23.7 Å². The van der Waals surface area contributed by atoms with Crippen molar-refractivity contribution in [3.63, 3.8) is 0 Å². The van der Waals surface area contributed by atoms with E-state index in [0.29, 0.717) is 6.04 Å². The maximum atomic E-state index is 4.48. The molecule has 0 aliphatic carbocycles. The summed E-state index contributed by atoms with van der Waals surface area (Å²) in [5.74, 6) is 0. The van der Waals surface area contributed by atoms with Crippen LogP contribution in [-0.4, -0.2) is 36.1 Å². The monoisotopic (exact) mass is 247 g/mol. The number of nitrogens with zero attached hydrogens (tertiary/aromatic N) is 2. The Kier molecular flexibility index (Phi) is 4.99. The van der Waals surface area contributed by atoms with Crippen LogP contribution in [0.15, 0.2) is 5.38 Å². The summed E-state index contributed by atoms with van der Waals surface area (Å²) in [6.45, 7) is 5.33. The molecule has 0 saturated carbocycles. The molecule has 1 aromatic rings. The first-order valence-electron chi connectivity index (χ1n) is 5.07. The van der Waals surface area contributed by atoms with Gasteiger partial charge in [0.2, 0.25) is 0 Å². The van der Waals surface area contributed by atoms with E-state index in [1.807, 2.05) is 0 Å². The summed E-state index contributed by atoms with van der Waals surface area (Å²) in [5, 5.41) is 6.74. The molecule has 5 heteroatoms. The topological polar surface area (TPSA) is 28.2 Å². The van der Waals surface area contributed by atoms with Gasteiger partial charge in [0.05, 0.1) is 6.54 Å². The fourth-order valence-electron chi connectivity index (χ4n) is 1.83. The normalized spacial score (nSPS) is 20.6. The molecule has 3 nitrogen and oxygen atoms in total. The highest BCUT2D eigenvalue weighted by molar-refractivity contribution is 7.09. The Bertz CT molecular complexity index is 297. The highest BCUT2D eigenvalue weighted by Crippen LogP contribution is 2.14. The third kappa shape index (κ3) is 3.41. The number of aryl methyl sites for hydroxylation is 1. The molecule has 0 spiro atoms. The largest absolute Gasteiger partial charge is 0.315 e. The van der Waals surface area contributed by atoms with Gasteiger partial charge in [0.1, 0.15) is 5.01 Å². The molecule has 86 valence electrons. The molecular formula is C10H18ClN3S. The molecule has 0 bridgehead atoms. The fraction of sp³-hybridized carbons (Fsp3) is 0.700. The van der Waals surface area contributed by atoms with Gasteiger partial charge < -0.3 is 5.32 Å². The van der Waals surface area contributed by atoms with Crippen molar-refractivity contribution in [3.8, 4) is 0 Å². The van der Waals surface area contributed by atoms with Gasteiger partial charge in [-0.15, -0.1) is 23.7 Å². The lowest BCUT2D eigenvalue weighted by Crippen LogP contribution is -2.32. The molecule has 0 amide bonds. The Morgan fingerprint density at radius 2 is 2.47 bits per heavy atom. The van der Waals surface area contributed by atoms with E-state index >= 15 is 0 Å². The third-order valence-electron chi connectivity index (χ3n) is 2.71. The molecule has 1 aliphatic rings. The van der Waals surface area contributed by atoms with Crippen LogP contribution in [-0.2, 0) is 6.54 Å². The second kappa shape index (κ2) is 5.80. The van der Waals surface area contributed by atoms with Crippen LogP contribution < -0.4 is 5.32 Å². The van der Waals surface area contributed by atoms with Crippen molar-refractivity contribution >= 4 is 23.7 Å². The molecule has 2 heterocycles. The van der Waals surface area contributed by atoms with Crippen molar-refractivity contribution in [2.45, 2.75) is 25.9 Å². The summed E-state index contributed by atoms with van der Waals surface area (Å²) in [7, 11) is 2.19. The predicted octanol–water partition coefficient (Wildman–Crippen LogP) is 1.67. The first kappa shape index (κ1) is 12.9. The quantitative estimate of drug-likeness (QED) is 0.881. The Morgan fingerprint density at radius 1 is 1.67 bits per heavy atom. The number of rotatable bonds is 3. The minimum Gasteiger partial charge on any atom is -0.315 e. The van der Waals surface area contributed by atoms with Gasteiger partial charge in [-0.25, -0.2) is 4.98 Å². The lowest BCUT2D eigenvalue weighted by Gasteiger charge is -2.21. The lowest BCUT2D eigenvalue weighted by atomic mass is 10.2. The Labute approximate surface area is 101 Å². The molecule has 1 N–H and O–H groups in total. The minimum absolute atomic E-state index is 0. The standard InChI is InChI=1S/C10H17N3S.ClH/c1-8-7-14-10(12-8)6-13(2)9-3-4-11-5-9;/h7,9,11H,3-6H2,1-2H3;1H. The van der Waals surface area contributed by atoms with Crippen LogP contribution in [0.25, 0.3) is 0 Å². The number of thiazole rings is 1. The smallest absolute Gasteiger partial charge is 0.107 e. The zero-order valence-electron chi connectivity index (χ0n) is 9.19. The molecule has 1 atom stereocenters. The minimum atomic E-state index is 0. The van der Waals surface area contributed by atoms with Crippen LogP contribution in [0.3, 0.4) is 0 Å². The molecule has 1 aliphatic heterocycles. The summed E-state index contributed by atoms with van der Waals surface area (Å²) >= 11 is 1.76. The molecule has 15 heavy (non-hydrogen) atoms. The molecule has 1 aromatic heterocycles. The van der Waals surface area contributed by atoms with E-state index in [-0.39, 0.29) is 12.4 Å². The highest BCUT2D eigenvalue weighted by Gasteiger charge is 2.19. The van der Waals surface area contributed by atoms with Crippen molar-refractivity contribution in [1.82, 2.24) is 15.2 Å². The molecule has 0 aromatic carbocycles. The van der Waals surface area contributed by atoms with E-state index in [0.717, 1.165) is 25.3 Å². The van der Waals surface area contributed by atoms with E-state index in [1.165, 1.54) is 11.4 Å². The van der Waals surface area contributed by atoms with Crippen molar-refractivity contribution < 1.29 is 0 Å². The SMILES string of the molecule is Cc1csc(CN(C)C2CCNC2)n1.Cl. The summed E-state index contributed by atoms with van der Waals surface area (Å²) in [4.78, 5) is 6.88. The number of nitrogens with one attached hydrogen (secondary N) is 1. The Morgan fingerprint density at radius 3 is 3.00 bits per heavy atom. The zero-order chi connectivity index (χ0) is 9.97. The molecule has 1 fully saturated rings. The first-order chi connectivity index (χ1) is 6.75. The summed E-state index contributed by atoms with van der Waals surface area (Å²) < 4.78 is 0. The maximum absolute atomic E-state index is 4.48. The molecule has 1 saturated heterocycles. The van der Waals surface area contributed by atoms with E-state index in [9.17, 15) is 0 Å². The first-order valence-corrected chi connectivity index (χ1v) is 5.95. The maximum Gasteiger partial charge on any atom is 0.107 e. The Hall–Kier alpha value is -0.160. The number of aromatic nitrogens is 1. The average Bonchev–Trinajstić information content (AvgIpc) is 2.75. The van der Waals surface area contributed by atoms with Crippen LogP contribution in [0, 0.1) is 6.92 Å². The van der Waals surface area contributed by atoms with Gasteiger partial charge in [-0.2, -0.15) is 0 Å². The number of halogens is 1. The van der Waals surface area contributed by atoms with Gasteiger partial charge in [-0.1, -0.05) is 0 Å². The van der Waals surface area contributed by atoms with Crippen LogP contribution in [0.5, 0.6) is 0 Å². The van der Waals surface area contributed by atoms with E-state index in [4.69, 9.17) is 0 Å². The highest BCUT2D eigenvalue weighted by atomic mass is 35.5. The van der Waals surface area contributed by atoms with Gasteiger partial charge in [-0.3, -0.25) is 4.90 Å². The summed E-state index contributed by atoms with van der Waals surface area (Å²) in [6, 6.07) is 0.694. The fourth-order valence-corrected chi connectivity index (χ4v) is 2.67. The molecule has 0 radical (unpaired) electrons. The lowest BCUT2D eigenvalue weighted by molar-refractivity contribution is 0.248. The third-order valence-corrected chi connectivity index (χ3v) is 3.66. The van der Waals surface area contributed by atoms with Crippen molar-refractivity contribution in [2.24, 2.45) is 0 Å². The second-order valence-electron chi connectivity index (χ2n) is 3.94. The van der Waals surface area contributed by atoms with Crippen molar-refractivity contribution in [3.05, 3.63) is 16.1 Å². The number of hydrogen-bond acceptors (Lipinski definition) is 4. The van der Waals surface area contributed by atoms with Crippen LogP contribution in [0.2, 0.25) is 0 Å². The van der Waals surface area contributed by atoms with E-state index in [2.05, 4.69) is 34.6 Å². The zero-order valence-corrected chi connectivity index (χ0v) is 10.8.